The number of hydrogen-bond acceptors (Lipinski definition) is 5. The van der Waals surface area contributed by atoms with Gasteiger partial charge >= 0.3 is 0 Å². The van der Waals surface area contributed by atoms with Crippen LogP contribution in [0.1, 0.15) is 85.3 Å². The molecule has 0 saturated heterocycles. The maximum absolute atomic E-state index is 11.0. The minimum absolute atomic E-state index is 0.0500. The molecule has 0 radical (unpaired) electrons. The third-order valence-electron chi connectivity index (χ3n) is 7.13. The summed E-state index contributed by atoms with van der Waals surface area (Å²) in [4.78, 5) is 14.5. The zero-order chi connectivity index (χ0) is 28.9. The van der Waals surface area contributed by atoms with E-state index in [1.165, 1.54) is 24.0 Å². The SMILES string of the molecule is CCCCCCOc1ccc(-c2nc(-c3ccc(C(C)(C)C)cc3)nc(-c3ccc(C(C)(C)C)cc3)n2)c(O)c1. The Morgan fingerprint density at radius 1 is 0.625 bits per heavy atom. The minimum atomic E-state index is 0.0500. The van der Waals surface area contributed by atoms with Gasteiger partial charge in [0.2, 0.25) is 0 Å². The molecule has 4 rings (SSSR count). The molecule has 0 aliphatic carbocycles. The number of aromatic hydroxyl groups is 1. The van der Waals surface area contributed by atoms with Crippen LogP contribution in [0.5, 0.6) is 11.5 Å². The molecule has 0 aliphatic rings. The lowest BCUT2D eigenvalue weighted by molar-refractivity contribution is 0.303. The van der Waals surface area contributed by atoms with Crippen LogP contribution in [-0.4, -0.2) is 26.7 Å². The summed E-state index contributed by atoms with van der Waals surface area (Å²) in [6, 6.07) is 22.1. The number of phenolic OH excluding ortho intramolecular Hbond substituents is 1. The number of rotatable bonds is 9. The van der Waals surface area contributed by atoms with E-state index in [-0.39, 0.29) is 16.6 Å². The van der Waals surface area contributed by atoms with Gasteiger partial charge in [0.25, 0.3) is 0 Å². The Labute approximate surface area is 239 Å². The summed E-state index contributed by atoms with van der Waals surface area (Å²) in [5.74, 6) is 2.28. The van der Waals surface area contributed by atoms with E-state index in [1.807, 2.05) is 12.1 Å². The van der Waals surface area contributed by atoms with Gasteiger partial charge < -0.3 is 9.84 Å². The first kappa shape index (κ1) is 29.3. The molecular formula is C35H43N3O2. The van der Waals surface area contributed by atoms with Gasteiger partial charge in [-0.3, -0.25) is 0 Å². The standard InChI is InChI=1S/C35H43N3O2/c1-8-9-10-11-22-40-28-20-21-29(30(39)23-28)33-37-31(24-12-16-26(17-13-24)34(2,3)4)36-32(38-33)25-14-18-27(19-15-25)35(5,6)7/h12-21,23,39H,8-11,22H2,1-7H3. The zero-order valence-electron chi connectivity index (χ0n) is 25.1. The molecule has 0 bridgehead atoms. The molecule has 1 aromatic heterocycles. The van der Waals surface area contributed by atoms with Crippen molar-refractivity contribution in [3.63, 3.8) is 0 Å². The summed E-state index contributed by atoms with van der Waals surface area (Å²) in [6.07, 6.45) is 4.53. The van der Waals surface area contributed by atoms with Crippen LogP contribution in [0.25, 0.3) is 34.2 Å². The largest absolute Gasteiger partial charge is 0.507 e. The molecule has 5 heteroatoms. The molecule has 0 spiro atoms. The zero-order valence-corrected chi connectivity index (χ0v) is 25.1. The molecule has 40 heavy (non-hydrogen) atoms. The van der Waals surface area contributed by atoms with Crippen molar-refractivity contribution in [1.29, 1.82) is 0 Å². The van der Waals surface area contributed by atoms with E-state index in [2.05, 4.69) is 97.0 Å². The second-order valence-corrected chi connectivity index (χ2v) is 12.5. The smallest absolute Gasteiger partial charge is 0.167 e. The third kappa shape index (κ3) is 7.26. The molecule has 0 fully saturated rings. The van der Waals surface area contributed by atoms with Crippen molar-refractivity contribution in [3.8, 4) is 45.7 Å². The summed E-state index contributed by atoms with van der Waals surface area (Å²) in [7, 11) is 0. The van der Waals surface area contributed by atoms with Crippen molar-refractivity contribution >= 4 is 0 Å². The van der Waals surface area contributed by atoms with Crippen LogP contribution in [-0.2, 0) is 10.8 Å². The van der Waals surface area contributed by atoms with E-state index in [9.17, 15) is 5.11 Å². The number of unbranched alkanes of at least 4 members (excludes halogenated alkanes) is 3. The van der Waals surface area contributed by atoms with Crippen LogP contribution < -0.4 is 4.74 Å². The molecule has 4 aromatic rings. The molecule has 5 nitrogen and oxygen atoms in total. The van der Waals surface area contributed by atoms with Gasteiger partial charge in [0, 0.05) is 17.2 Å². The van der Waals surface area contributed by atoms with Gasteiger partial charge in [-0.25, -0.2) is 15.0 Å². The van der Waals surface area contributed by atoms with Gasteiger partial charge in [0.05, 0.1) is 12.2 Å². The maximum Gasteiger partial charge on any atom is 0.167 e. The normalized spacial score (nSPS) is 12.0. The van der Waals surface area contributed by atoms with Crippen LogP contribution in [0.4, 0.5) is 0 Å². The van der Waals surface area contributed by atoms with Crippen LogP contribution >= 0.6 is 0 Å². The van der Waals surface area contributed by atoms with Crippen molar-refractivity contribution in [2.75, 3.05) is 6.61 Å². The summed E-state index contributed by atoms with van der Waals surface area (Å²) in [5.41, 5.74) is 4.92. The van der Waals surface area contributed by atoms with E-state index in [4.69, 9.17) is 19.7 Å². The highest BCUT2D eigenvalue weighted by molar-refractivity contribution is 5.70. The summed E-state index contributed by atoms with van der Waals surface area (Å²) in [5, 5.41) is 11.0. The van der Waals surface area contributed by atoms with Crippen molar-refractivity contribution in [2.24, 2.45) is 0 Å². The summed E-state index contributed by atoms with van der Waals surface area (Å²) < 4.78 is 5.87. The highest BCUT2D eigenvalue weighted by Crippen LogP contribution is 2.34. The maximum atomic E-state index is 11.0. The second kappa shape index (κ2) is 12.2. The monoisotopic (exact) mass is 537 g/mol. The van der Waals surface area contributed by atoms with Crippen molar-refractivity contribution in [3.05, 3.63) is 77.9 Å². The van der Waals surface area contributed by atoms with Gasteiger partial charge in [-0.15, -0.1) is 0 Å². The highest BCUT2D eigenvalue weighted by Gasteiger charge is 2.18. The number of nitrogens with zero attached hydrogens (tertiary/aromatic N) is 3. The molecule has 3 aromatic carbocycles. The Morgan fingerprint density at radius 2 is 1.12 bits per heavy atom. The fraction of sp³-hybridized carbons (Fsp3) is 0.400. The first-order valence-corrected chi connectivity index (χ1v) is 14.4. The predicted molar refractivity (Wildman–Crippen MR) is 165 cm³/mol. The molecule has 0 aliphatic heterocycles. The van der Waals surface area contributed by atoms with Crippen molar-refractivity contribution in [2.45, 2.75) is 85.0 Å². The molecule has 0 unspecified atom stereocenters. The van der Waals surface area contributed by atoms with Gasteiger partial charge in [0.15, 0.2) is 17.5 Å². The fourth-order valence-electron chi connectivity index (χ4n) is 4.50. The number of benzene rings is 3. The Morgan fingerprint density at radius 3 is 1.57 bits per heavy atom. The molecule has 0 atom stereocenters. The summed E-state index contributed by atoms with van der Waals surface area (Å²) >= 11 is 0. The van der Waals surface area contributed by atoms with Crippen LogP contribution in [0.2, 0.25) is 0 Å². The van der Waals surface area contributed by atoms with Gasteiger partial charge in [0.1, 0.15) is 11.5 Å². The lowest BCUT2D eigenvalue weighted by atomic mass is 9.86. The Hall–Kier alpha value is -3.73. The minimum Gasteiger partial charge on any atom is -0.507 e. The number of phenols is 1. The lowest BCUT2D eigenvalue weighted by Gasteiger charge is -2.19. The first-order valence-electron chi connectivity index (χ1n) is 14.4. The molecule has 1 N–H and O–H groups in total. The first-order chi connectivity index (χ1) is 19.0. The molecule has 0 saturated carbocycles. The third-order valence-corrected chi connectivity index (χ3v) is 7.13. The van der Waals surface area contributed by atoms with Crippen molar-refractivity contribution < 1.29 is 9.84 Å². The van der Waals surface area contributed by atoms with E-state index >= 15 is 0 Å². The molecular weight excluding hydrogens is 494 g/mol. The van der Waals surface area contributed by atoms with E-state index < -0.39 is 0 Å². The lowest BCUT2D eigenvalue weighted by Crippen LogP contribution is -2.10. The Bertz CT molecular complexity index is 1340. The second-order valence-electron chi connectivity index (χ2n) is 12.5. The van der Waals surface area contributed by atoms with E-state index in [0.717, 1.165) is 24.0 Å². The quantitative estimate of drug-likeness (QED) is 0.216. The highest BCUT2D eigenvalue weighted by atomic mass is 16.5. The molecule has 1 heterocycles. The topological polar surface area (TPSA) is 68.1 Å². The molecule has 0 amide bonds. The van der Waals surface area contributed by atoms with E-state index in [0.29, 0.717) is 35.4 Å². The van der Waals surface area contributed by atoms with Gasteiger partial charge in [-0.2, -0.15) is 0 Å². The van der Waals surface area contributed by atoms with E-state index in [1.54, 1.807) is 6.07 Å². The average Bonchev–Trinajstić information content (AvgIpc) is 2.92. The Kier molecular flexibility index (Phi) is 8.92. The van der Waals surface area contributed by atoms with Gasteiger partial charge in [-0.05, 0) is 40.5 Å². The van der Waals surface area contributed by atoms with Crippen molar-refractivity contribution in [1.82, 2.24) is 15.0 Å². The van der Waals surface area contributed by atoms with Crippen LogP contribution in [0.3, 0.4) is 0 Å². The molecule has 210 valence electrons. The Balaban J connectivity index is 1.72. The number of hydrogen-bond donors (Lipinski definition) is 1. The summed E-state index contributed by atoms with van der Waals surface area (Å²) in [6.45, 7) is 16.0. The van der Waals surface area contributed by atoms with Crippen LogP contribution in [0.15, 0.2) is 66.7 Å². The fourth-order valence-corrected chi connectivity index (χ4v) is 4.50. The van der Waals surface area contributed by atoms with Gasteiger partial charge in [-0.1, -0.05) is 116 Å². The number of aromatic nitrogens is 3. The predicted octanol–water partition coefficient (Wildman–Crippen LogP) is 9.13. The van der Waals surface area contributed by atoms with Crippen LogP contribution in [0, 0.1) is 0 Å². The average molecular weight is 538 g/mol. The number of ether oxygens (including phenoxy) is 1.